The lowest BCUT2D eigenvalue weighted by Gasteiger charge is -2.25. The number of nitrogen functional groups attached to an aromatic ring is 1. The number of nitrogens with zero attached hydrogens (tertiary/aromatic N) is 1. The monoisotopic (exact) mass is 661 g/mol. The van der Waals surface area contributed by atoms with Crippen molar-refractivity contribution in [3.8, 4) is 11.5 Å². The van der Waals surface area contributed by atoms with Crippen LogP contribution >= 0.6 is 23.7 Å². The van der Waals surface area contributed by atoms with Crippen molar-refractivity contribution in [1.29, 1.82) is 5.41 Å². The summed E-state index contributed by atoms with van der Waals surface area (Å²) in [5.74, 6) is 0.0864. The Balaban J connectivity index is 0.00000461. The van der Waals surface area contributed by atoms with Crippen molar-refractivity contribution < 1.29 is 32.6 Å². The number of hydrogen-bond donors (Lipinski definition) is 4. The number of rotatable bonds is 12. The number of amides is 3. The summed E-state index contributed by atoms with van der Waals surface area (Å²) >= 11 is 1.30. The Hall–Kier alpha value is -4.07. The predicted octanol–water partition coefficient (Wildman–Crippen LogP) is 4.94. The third-order valence-electron chi connectivity index (χ3n) is 7.58. The van der Waals surface area contributed by atoms with Crippen molar-refractivity contribution in [3.63, 3.8) is 0 Å². The van der Waals surface area contributed by atoms with Gasteiger partial charge < -0.3 is 30.7 Å². The molecule has 1 unspecified atom stereocenters. The first-order valence-electron chi connectivity index (χ1n) is 14.2. The van der Waals surface area contributed by atoms with Crippen LogP contribution < -0.4 is 21.1 Å². The molecule has 0 spiro atoms. The van der Waals surface area contributed by atoms with Crippen molar-refractivity contribution in [3.05, 3.63) is 81.5 Å². The Kier molecular flexibility index (Phi) is 11.1. The van der Waals surface area contributed by atoms with Crippen molar-refractivity contribution in [2.45, 2.75) is 56.9 Å². The number of hydrogen-bond acceptors (Lipinski definition) is 7. The molecule has 2 heterocycles. The van der Waals surface area contributed by atoms with Gasteiger partial charge in [0.1, 0.15) is 23.4 Å². The molecular formula is C31H34ClF2N5O5S. The maximum absolute atomic E-state index is 13.2. The molecule has 3 atom stereocenters. The van der Waals surface area contributed by atoms with Crippen LogP contribution in [0.4, 0.5) is 8.78 Å². The molecule has 2 fully saturated rings. The Morgan fingerprint density at radius 1 is 1.07 bits per heavy atom. The normalized spacial score (nSPS) is 18.2. The molecule has 14 heteroatoms. The van der Waals surface area contributed by atoms with E-state index in [2.05, 4.69) is 27.5 Å². The van der Waals surface area contributed by atoms with E-state index in [1.165, 1.54) is 29.7 Å². The molecule has 1 aliphatic heterocycles. The molecule has 1 saturated carbocycles. The number of nitrogens with two attached hydrogens (primary N) is 1. The van der Waals surface area contributed by atoms with Crippen molar-refractivity contribution >= 4 is 47.3 Å². The van der Waals surface area contributed by atoms with Crippen LogP contribution in [0.5, 0.6) is 11.5 Å². The Morgan fingerprint density at radius 3 is 2.29 bits per heavy atom. The molecule has 5 N–H and O–H groups in total. The number of carbonyl (C=O) groups excluding carboxylic acids is 3. The highest BCUT2D eigenvalue weighted by Gasteiger charge is 2.41. The quantitative estimate of drug-likeness (QED) is 0.160. The summed E-state index contributed by atoms with van der Waals surface area (Å²) in [7, 11) is 0. The van der Waals surface area contributed by atoms with Gasteiger partial charge in [-0.15, -0.1) is 23.7 Å². The maximum atomic E-state index is 13.2. The summed E-state index contributed by atoms with van der Waals surface area (Å²) in [6.45, 7) is -2.02. The van der Waals surface area contributed by atoms with Crippen LogP contribution in [-0.4, -0.2) is 60.3 Å². The maximum Gasteiger partial charge on any atom is 0.345 e. The SMILES string of the molecule is CC(NC(=O)[C@@H]1C[C@@H](OC(F)F)CN1C(=O)CNC(=O)c1ccc(Oc2ccc(C3CC3)cc2)cc1)c1cc(C(=N)N)cs1.Cl. The molecular weight excluding hydrogens is 628 g/mol. The number of alkyl halides is 2. The molecule has 1 saturated heterocycles. The van der Waals surface area contributed by atoms with Crippen LogP contribution in [0.2, 0.25) is 0 Å². The fourth-order valence-electron chi connectivity index (χ4n) is 5.06. The van der Waals surface area contributed by atoms with Gasteiger partial charge in [-0.2, -0.15) is 8.78 Å². The molecule has 3 amide bonds. The molecule has 2 aromatic carbocycles. The number of carbonyl (C=O) groups is 3. The van der Waals surface area contributed by atoms with Crippen LogP contribution in [0.1, 0.15) is 64.5 Å². The molecule has 0 bridgehead atoms. The first-order chi connectivity index (χ1) is 21.1. The van der Waals surface area contributed by atoms with Crippen molar-refractivity contribution in [2.24, 2.45) is 5.73 Å². The van der Waals surface area contributed by atoms with Crippen LogP contribution in [0.25, 0.3) is 0 Å². The topological polar surface area (TPSA) is 147 Å². The Morgan fingerprint density at radius 2 is 1.71 bits per heavy atom. The average Bonchev–Trinajstić information content (AvgIpc) is 3.56. The van der Waals surface area contributed by atoms with E-state index in [9.17, 15) is 23.2 Å². The fraction of sp³-hybridized carbons (Fsp3) is 0.355. The van der Waals surface area contributed by atoms with E-state index in [1.807, 2.05) is 12.1 Å². The second kappa shape index (κ2) is 14.8. The van der Waals surface area contributed by atoms with Gasteiger partial charge in [-0.3, -0.25) is 19.8 Å². The molecule has 1 aliphatic carbocycles. The van der Waals surface area contributed by atoms with E-state index in [-0.39, 0.29) is 31.2 Å². The number of halogens is 3. The number of nitrogens with one attached hydrogen (secondary N) is 3. The van der Waals surface area contributed by atoms with Gasteiger partial charge in [0.15, 0.2) is 0 Å². The molecule has 10 nitrogen and oxygen atoms in total. The summed E-state index contributed by atoms with van der Waals surface area (Å²) < 4.78 is 36.4. The summed E-state index contributed by atoms with van der Waals surface area (Å²) in [6, 6.07) is 14.5. The van der Waals surface area contributed by atoms with Crippen LogP contribution in [-0.2, 0) is 14.3 Å². The number of amidine groups is 1. The van der Waals surface area contributed by atoms with Gasteiger partial charge in [0.2, 0.25) is 11.8 Å². The number of benzene rings is 2. The van der Waals surface area contributed by atoms with E-state index < -0.39 is 49.1 Å². The number of thiophene rings is 1. The number of ether oxygens (including phenoxy) is 2. The van der Waals surface area contributed by atoms with E-state index in [0.29, 0.717) is 28.5 Å². The van der Waals surface area contributed by atoms with E-state index >= 15 is 0 Å². The van der Waals surface area contributed by atoms with E-state index in [1.54, 1.807) is 42.6 Å². The van der Waals surface area contributed by atoms with Crippen molar-refractivity contribution in [1.82, 2.24) is 15.5 Å². The lowest BCUT2D eigenvalue weighted by Crippen LogP contribution is -2.49. The van der Waals surface area contributed by atoms with Crippen molar-refractivity contribution in [2.75, 3.05) is 13.1 Å². The Bertz CT molecular complexity index is 1520. The molecule has 5 rings (SSSR count). The minimum atomic E-state index is -3.07. The zero-order valence-electron chi connectivity index (χ0n) is 24.3. The molecule has 0 radical (unpaired) electrons. The highest BCUT2D eigenvalue weighted by Crippen LogP contribution is 2.40. The van der Waals surface area contributed by atoms with Gasteiger partial charge in [-0.05, 0) is 73.7 Å². The van der Waals surface area contributed by atoms with E-state index in [0.717, 1.165) is 9.78 Å². The largest absolute Gasteiger partial charge is 0.457 e. The van der Waals surface area contributed by atoms with Gasteiger partial charge in [-0.1, -0.05) is 12.1 Å². The smallest absolute Gasteiger partial charge is 0.345 e. The van der Waals surface area contributed by atoms with Gasteiger partial charge in [0.25, 0.3) is 5.91 Å². The summed E-state index contributed by atoms with van der Waals surface area (Å²) in [5, 5.41) is 14.6. The first-order valence-corrected chi connectivity index (χ1v) is 15.1. The standard InChI is InChI=1S/C31H33F2N5O5S.ClH/c1-17(26-12-21(16-44-26)28(34)35)37-30(41)25-13-24(43-31(32)33)15-38(25)27(39)14-36-29(40)20-6-10-23(11-7-20)42-22-8-4-19(5-9-22)18-2-3-18;/h4-12,16-18,24-25,31H,2-3,13-15H2,1H3,(H3,34,35)(H,36,40)(H,37,41);1H/t17?,24-,25+;/m1./s1. The summed E-state index contributed by atoms with van der Waals surface area (Å²) in [6.07, 6.45) is 1.26. The lowest BCUT2D eigenvalue weighted by atomic mass is 10.1. The Labute approximate surface area is 269 Å². The molecule has 1 aromatic heterocycles. The minimum absolute atomic E-state index is 0. The van der Waals surface area contributed by atoms with E-state index in [4.69, 9.17) is 15.9 Å². The predicted molar refractivity (Wildman–Crippen MR) is 167 cm³/mol. The van der Waals surface area contributed by atoms with Gasteiger partial charge in [0, 0.05) is 34.3 Å². The van der Waals surface area contributed by atoms with Crippen LogP contribution in [0.3, 0.4) is 0 Å². The molecule has 2 aliphatic rings. The average molecular weight is 662 g/mol. The van der Waals surface area contributed by atoms with Gasteiger partial charge in [0.05, 0.1) is 18.7 Å². The number of likely N-dealkylation sites (tertiary alicyclic amines) is 1. The second-order valence-corrected chi connectivity index (χ2v) is 11.8. The zero-order chi connectivity index (χ0) is 31.4. The van der Waals surface area contributed by atoms with Crippen LogP contribution in [0.15, 0.2) is 60.0 Å². The second-order valence-electron chi connectivity index (χ2n) is 10.9. The molecule has 3 aromatic rings. The molecule has 45 heavy (non-hydrogen) atoms. The highest BCUT2D eigenvalue weighted by atomic mass is 35.5. The van der Waals surface area contributed by atoms with Gasteiger partial charge in [-0.25, -0.2) is 0 Å². The fourth-order valence-corrected chi connectivity index (χ4v) is 5.98. The van der Waals surface area contributed by atoms with Gasteiger partial charge >= 0.3 is 6.61 Å². The lowest BCUT2D eigenvalue weighted by molar-refractivity contribution is -0.160. The first kappa shape index (κ1) is 33.8. The third-order valence-corrected chi connectivity index (χ3v) is 8.69. The summed E-state index contributed by atoms with van der Waals surface area (Å²) in [4.78, 5) is 40.9. The van der Waals surface area contributed by atoms with Crippen LogP contribution in [0, 0.1) is 5.41 Å². The summed E-state index contributed by atoms with van der Waals surface area (Å²) in [5.41, 5.74) is 7.63. The minimum Gasteiger partial charge on any atom is -0.457 e. The highest BCUT2D eigenvalue weighted by molar-refractivity contribution is 7.10. The third kappa shape index (κ3) is 8.77. The zero-order valence-corrected chi connectivity index (χ0v) is 26.0. The molecule has 240 valence electrons.